The summed E-state index contributed by atoms with van der Waals surface area (Å²) >= 11 is 0.701. The summed E-state index contributed by atoms with van der Waals surface area (Å²) in [5.74, 6) is -0.505. The smallest absolute Gasteiger partial charge is 0.344 e. The van der Waals surface area contributed by atoms with Crippen LogP contribution in [0, 0.1) is 11.2 Å². The molecule has 1 aromatic carbocycles. The maximum atomic E-state index is 13.4. The molecule has 0 heterocycles. The lowest BCUT2D eigenvalue weighted by molar-refractivity contribution is 0.180. The third kappa shape index (κ3) is 4.35. The van der Waals surface area contributed by atoms with E-state index < -0.39 is 23.9 Å². The van der Waals surface area contributed by atoms with E-state index in [0.717, 1.165) is 12.0 Å². The highest BCUT2D eigenvalue weighted by atomic mass is 32.2. The number of rotatable bonds is 2. The summed E-state index contributed by atoms with van der Waals surface area (Å²) in [6.07, 6.45) is 0. The fraction of sp³-hybridized carbons (Fsp3) is 0.250. The molecule has 7 nitrogen and oxygen atoms in total. The van der Waals surface area contributed by atoms with Crippen LogP contribution in [-0.4, -0.2) is 49.1 Å². The summed E-state index contributed by atoms with van der Waals surface area (Å²) < 4.78 is 20.3. The number of methoxy groups -OCH3 is 1. The number of carbonyl (C=O) groups excluding carboxylic acids is 2. The second kappa shape index (κ2) is 7.48. The van der Waals surface area contributed by atoms with Gasteiger partial charge in [0.05, 0.1) is 12.0 Å². The second-order valence-corrected chi connectivity index (χ2v) is 4.81. The molecule has 21 heavy (non-hydrogen) atoms. The highest BCUT2D eigenvalue weighted by Gasteiger charge is 2.28. The third-order valence-electron chi connectivity index (χ3n) is 2.26. The van der Waals surface area contributed by atoms with E-state index in [1.165, 1.54) is 32.3 Å². The van der Waals surface area contributed by atoms with E-state index in [0.29, 0.717) is 16.8 Å². The van der Waals surface area contributed by atoms with Crippen LogP contribution in [-0.2, 0) is 4.74 Å². The Bertz CT molecular complexity index is 553. The average molecular weight is 314 g/mol. The molecule has 0 spiro atoms. The normalized spacial score (nSPS) is 9.71. The van der Waals surface area contributed by atoms with Gasteiger partial charge in [0.1, 0.15) is 5.82 Å². The summed E-state index contributed by atoms with van der Waals surface area (Å²) in [6, 6.07) is 3.54. The summed E-state index contributed by atoms with van der Waals surface area (Å²) in [5, 5.41) is 7.49. The highest BCUT2D eigenvalue weighted by molar-refractivity contribution is 7.98. The Morgan fingerprint density at radius 2 is 1.95 bits per heavy atom. The third-order valence-corrected chi connectivity index (χ3v) is 3.09. The quantitative estimate of drug-likeness (QED) is 0.497. The summed E-state index contributed by atoms with van der Waals surface area (Å²) in [6.45, 7) is 0. The van der Waals surface area contributed by atoms with Gasteiger partial charge in [-0.25, -0.2) is 14.0 Å². The molecule has 0 aliphatic carbocycles. The number of hydrogen-bond acceptors (Lipinski definition) is 5. The molecule has 0 atom stereocenters. The Balaban J connectivity index is 2.80. The monoisotopic (exact) mass is 314 g/mol. The van der Waals surface area contributed by atoms with Gasteiger partial charge >= 0.3 is 18.1 Å². The number of amidine groups is 1. The van der Waals surface area contributed by atoms with Crippen molar-refractivity contribution in [3.8, 4) is 0 Å². The molecule has 0 unspecified atom stereocenters. The Morgan fingerprint density at radius 1 is 1.33 bits per heavy atom. The van der Waals surface area contributed by atoms with Crippen molar-refractivity contribution in [3.63, 3.8) is 0 Å². The zero-order chi connectivity index (χ0) is 16.0. The summed E-state index contributed by atoms with van der Waals surface area (Å²) in [5.41, 5.74) is 0. The van der Waals surface area contributed by atoms with Crippen LogP contribution in [0.2, 0.25) is 0 Å². The van der Waals surface area contributed by atoms with Gasteiger partial charge in [-0.05, 0) is 24.1 Å². The zero-order valence-corrected chi connectivity index (χ0v) is 12.5. The number of nitrogens with zero attached hydrogens (tertiary/aromatic N) is 2. The minimum absolute atomic E-state index is 0.187. The van der Waals surface area contributed by atoms with Crippen LogP contribution in [0.25, 0.3) is 0 Å². The number of nitrogens with one attached hydrogen (secondary N) is 2. The summed E-state index contributed by atoms with van der Waals surface area (Å²) in [7, 11) is 4.01. The lowest BCUT2D eigenvalue weighted by atomic mass is 10.4. The molecule has 1 aromatic rings. The van der Waals surface area contributed by atoms with Crippen molar-refractivity contribution in [2.45, 2.75) is 4.90 Å². The van der Waals surface area contributed by atoms with Crippen LogP contribution < -0.4 is 4.72 Å². The van der Waals surface area contributed by atoms with Crippen molar-refractivity contribution in [2.24, 2.45) is 0 Å². The van der Waals surface area contributed by atoms with E-state index >= 15 is 0 Å². The maximum absolute atomic E-state index is 13.4. The molecule has 0 aromatic heterocycles. The summed E-state index contributed by atoms with van der Waals surface area (Å²) in [4.78, 5) is 25.6. The lowest BCUT2D eigenvalue weighted by Gasteiger charge is -2.23. The van der Waals surface area contributed by atoms with Gasteiger partial charge in [0, 0.05) is 14.1 Å². The van der Waals surface area contributed by atoms with E-state index in [1.807, 2.05) is 0 Å². The van der Waals surface area contributed by atoms with Crippen molar-refractivity contribution in [2.75, 3.05) is 21.2 Å². The van der Waals surface area contributed by atoms with Gasteiger partial charge in [0.2, 0.25) is 0 Å². The standard InChI is InChI=1S/C12H15FN4O3S/c1-16(2)12(19)17(10(14)20-3)11(18)15-21-9-7-5-4-6-8(9)13/h4-7,14H,1-3H3,(H,15,18). The van der Waals surface area contributed by atoms with Crippen molar-refractivity contribution in [1.29, 1.82) is 5.41 Å². The Morgan fingerprint density at radius 3 is 2.48 bits per heavy atom. The predicted molar refractivity (Wildman–Crippen MR) is 76.4 cm³/mol. The molecule has 0 saturated carbocycles. The molecule has 0 radical (unpaired) electrons. The molecule has 0 bridgehead atoms. The Labute approximate surface area is 125 Å². The van der Waals surface area contributed by atoms with Crippen LogP contribution in [0.5, 0.6) is 0 Å². The molecule has 2 N–H and O–H groups in total. The highest BCUT2D eigenvalue weighted by Crippen LogP contribution is 2.18. The Hall–Kier alpha value is -2.29. The van der Waals surface area contributed by atoms with Crippen LogP contribution in [0.3, 0.4) is 0 Å². The van der Waals surface area contributed by atoms with Gasteiger partial charge in [-0.3, -0.25) is 10.1 Å². The number of benzene rings is 1. The molecule has 0 aliphatic rings. The van der Waals surface area contributed by atoms with Crippen LogP contribution >= 0.6 is 11.9 Å². The largest absolute Gasteiger partial charge is 0.468 e. The topological polar surface area (TPSA) is 85.7 Å². The first kappa shape index (κ1) is 16.8. The van der Waals surface area contributed by atoms with Crippen LogP contribution in [0.15, 0.2) is 29.2 Å². The first-order chi connectivity index (χ1) is 9.88. The molecular formula is C12H15FN4O3S. The first-order valence-corrected chi connectivity index (χ1v) is 6.55. The minimum Gasteiger partial charge on any atom is -0.468 e. The maximum Gasteiger partial charge on any atom is 0.344 e. The molecule has 4 amide bonds. The van der Waals surface area contributed by atoms with Crippen LogP contribution in [0.4, 0.5) is 14.0 Å². The molecule has 114 valence electrons. The van der Waals surface area contributed by atoms with E-state index in [4.69, 9.17) is 5.41 Å². The van der Waals surface area contributed by atoms with Crippen molar-refractivity contribution in [3.05, 3.63) is 30.1 Å². The van der Waals surface area contributed by atoms with Crippen molar-refractivity contribution >= 4 is 30.0 Å². The predicted octanol–water partition coefficient (Wildman–Crippen LogP) is 2.11. The zero-order valence-electron chi connectivity index (χ0n) is 11.7. The molecular weight excluding hydrogens is 299 g/mol. The number of ether oxygens (including phenoxy) is 1. The fourth-order valence-corrected chi connectivity index (χ4v) is 1.83. The van der Waals surface area contributed by atoms with Gasteiger partial charge in [-0.15, -0.1) is 0 Å². The molecule has 0 saturated heterocycles. The average Bonchev–Trinajstić information content (AvgIpc) is 2.46. The van der Waals surface area contributed by atoms with Gasteiger partial charge in [-0.1, -0.05) is 12.1 Å². The number of carbonyl (C=O) groups is 2. The van der Waals surface area contributed by atoms with Gasteiger partial charge in [0.25, 0.3) is 0 Å². The van der Waals surface area contributed by atoms with Gasteiger partial charge < -0.3 is 9.64 Å². The number of amides is 4. The minimum atomic E-state index is -0.909. The first-order valence-electron chi connectivity index (χ1n) is 5.73. The van der Waals surface area contributed by atoms with Gasteiger partial charge in [-0.2, -0.15) is 4.90 Å². The SMILES string of the molecule is COC(=N)N(C(=O)NSc1ccccc1F)C(=O)N(C)C. The van der Waals surface area contributed by atoms with E-state index in [2.05, 4.69) is 9.46 Å². The molecule has 0 aliphatic heterocycles. The van der Waals surface area contributed by atoms with Crippen molar-refractivity contribution < 1.29 is 18.7 Å². The molecule has 0 fully saturated rings. The second-order valence-electron chi connectivity index (χ2n) is 3.96. The number of halogens is 1. The van der Waals surface area contributed by atoms with Crippen LogP contribution in [0.1, 0.15) is 0 Å². The Kier molecular flexibility index (Phi) is 5.97. The number of urea groups is 2. The van der Waals surface area contributed by atoms with E-state index in [9.17, 15) is 14.0 Å². The number of imide groups is 1. The fourth-order valence-electron chi connectivity index (χ4n) is 1.23. The molecule has 1 rings (SSSR count). The van der Waals surface area contributed by atoms with Crippen molar-refractivity contribution in [1.82, 2.24) is 14.5 Å². The van der Waals surface area contributed by atoms with Gasteiger partial charge in [0.15, 0.2) is 0 Å². The molecule has 9 heteroatoms. The van der Waals surface area contributed by atoms with E-state index in [1.54, 1.807) is 6.07 Å². The number of hydrogen-bond donors (Lipinski definition) is 2. The lowest BCUT2D eigenvalue weighted by Crippen LogP contribution is -2.50. The van der Waals surface area contributed by atoms with E-state index in [-0.39, 0.29) is 4.90 Å².